The highest BCUT2D eigenvalue weighted by atomic mass is 16.5. The van der Waals surface area contributed by atoms with Crippen LogP contribution in [0.25, 0.3) is 0 Å². The summed E-state index contributed by atoms with van der Waals surface area (Å²) in [6.45, 7) is 2.21. The van der Waals surface area contributed by atoms with Crippen molar-refractivity contribution in [3.05, 3.63) is 42.2 Å². The Labute approximate surface area is 113 Å². The van der Waals surface area contributed by atoms with E-state index >= 15 is 0 Å². The van der Waals surface area contributed by atoms with Crippen molar-refractivity contribution >= 4 is 0 Å². The van der Waals surface area contributed by atoms with E-state index < -0.39 is 0 Å². The summed E-state index contributed by atoms with van der Waals surface area (Å²) in [6, 6.07) is 9.58. The van der Waals surface area contributed by atoms with Gasteiger partial charge in [0.15, 0.2) is 0 Å². The summed E-state index contributed by atoms with van der Waals surface area (Å²) in [7, 11) is 3.59. The lowest BCUT2D eigenvalue weighted by Crippen LogP contribution is -2.21. The summed E-state index contributed by atoms with van der Waals surface area (Å²) >= 11 is 0. The zero-order valence-corrected chi connectivity index (χ0v) is 11.3. The molecule has 0 atom stereocenters. The number of nitrogens with one attached hydrogen (secondary N) is 1. The minimum atomic E-state index is 0.629. The van der Waals surface area contributed by atoms with Crippen molar-refractivity contribution in [2.45, 2.75) is 6.54 Å². The molecule has 0 aliphatic carbocycles. The first-order valence-corrected chi connectivity index (χ1v) is 6.24. The Kier molecular flexibility index (Phi) is 4.80. The van der Waals surface area contributed by atoms with Gasteiger partial charge in [0.1, 0.15) is 18.1 Å². The molecule has 0 unspecified atom stereocenters. The van der Waals surface area contributed by atoms with Crippen molar-refractivity contribution in [3.63, 3.8) is 0 Å². The van der Waals surface area contributed by atoms with E-state index in [1.807, 2.05) is 42.1 Å². The zero-order valence-electron chi connectivity index (χ0n) is 11.3. The molecule has 19 heavy (non-hydrogen) atoms. The highest BCUT2D eigenvalue weighted by Gasteiger charge is 1.98. The molecule has 0 saturated carbocycles. The molecule has 1 heterocycles. The molecule has 2 rings (SSSR count). The van der Waals surface area contributed by atoms with E-state index in [9.17, 15) is 0 Å². The van der Waals surface area contributed by atoms with E-state index in [-0.39, 0.29) is 0 Å². The summed E-state index contributed by atoms with van der Waals surface area (Å²) < 4.78 is 12.6. The van der Waals surface area contributed by atoms with E-state index in [0.29, 0.717) is 6.61 Å². The van der Waals surface area contributed by atoms with Crippen LogP contribution in [0, 0.1) is 0 Å². The van der Waals surface area contributed by atoms with E-state index in [2.05, 4.69) is 10.4 Å². The number of nitrogens with zero attached hydrogens (tertiary/aromatic N) is 2. The number of hydrogen-bond acceptors (Lipinski definition) is 4. The summed E-state index contributed by atoms with van der Waals surface area (Å²) in [4.78, 5) is 0. The lowest BCUT2D eigenvalue weighted by Gasteiger charge is -2.08. The highest BCUT2D eigenvalue weighted by Crippen LogP contribution is 2.16. The molecule has 0 aliphatic rings. The molecule has 0 amide bonds. The fraction of sp³-hybridized carbons (Fsp3) is 0.357. The maximum atomic E-state index is 5.61. The van der Waals surface area contributed by atoms with Crippen molar-refractivity contribution in [2.75, 3.05) is 20.3 Å². The second kappa shape index (κ2) is 6.80. The molecular formula is C14H19N3O2. The topological polar surface area (TPSA) is 48.3 Å². The second-order valence-electron chi connectivity index (χ2n) is 4.15. The Morgan fingerprint density at radius 2 is 1.89 bits per heavy atom. The van der Waals surface area contributed by atoms with E-state index in [0.717, 1.165) is 30.3 Å². The van der Waals surface area contributed by atoms with Crippen LogP contribution in [-0.2, 0) is 13.6 Å². The number of methoxy groups -OCH3 is 1. The predicted octanol–water partition coefficient (Wildman–Crippen LogP) is 1.60. The molecule has 0 spiro atoms. The maximum absolute atomic E-state index is 5.61. The molecular weight excluding hydrogens is 242 g/mol. The van der Waals surface area contributed by atoms with Crippen molar-refractivity contribution in [1.29, 1.82) is 0 Å². The van der Waals surface area contributed by atoms with Crippen molar-refractivity contribution in [1.82, 2.24) is 15.1 Å². The summed E-state index contributed by atoms with van der Waals surface area (Å²) in [5.74, 6) is 1.69. The number of hydrogen-bond donors (Lipinski definition) is 1. The van der Waals surface area contributed by atoms with Crippen LogP contribution in [0.2, 0.25) is 0 Å². The molecule has 1 aromatic heterocycles. The molecule has 1 N–H and O–H groups in total. The Morgan fingerprint density at radius 3 is 2.53 bits per heavy atom. The average Bonchev–Trinajstić information content (AvgIpc) is 2.85. The molecule has 0 fully saturated rings. The molecule has 5 nitrogen and oxygen atoms in total. The molecule has 1 aromatic carbocycles. The normalized spacial score (nSPS) is 10.4. The summed E-state index contributed by atoms with van der Waals surface area (Å²) in [5.41, 5.74) is 1.16. The van der Waals surface area contributed by atoms with Gasteiger partial charge >= 0.3 is 0 Å². The molecule has 5 heteroatoms. The molecule has 2 aromatic rings. The van der Waals surface area contributed by atoms with E-state index in [1.54, 1.807) is 13.3 Å². The Bertz CT molecular complexity index is 494. The summed E-state index contributed by atoms with van der Waals surface area (Å²) in [5, 5.41) is 7.42. The first kappa shape index (κ1) is 13.4. The molecule has 0 bridgehead atoms. The average molecular weight is 261 g/mol. The second-order valence-corrected chi connectivity index (χ2v) is 4.15. The van der Waals surface area contributed by atoms with Gasteiger partial charge in [-0.05, 0) is 30.3 Å². The predicted molar refractivity (Wildman–Crippen MR) is 73.4 cm³/mol. The van der Waals surface area contributed by atoms with Crippen molar-refractivity contribution in [2.24, 2.45) is 7.05 Å². The largest absolute Gasteiger partial charge is 0.497 e. The van der Waals surface area contributed by atoms with Gasteiger partial charge in [-0.15, -0.1) is 0 Å². The maximum Gasteiger partial charge on any atom is 0.119 e. The van der Waals surface area contributed by atoms with Crippen molar-refractivity contribution in [3.8, 4) is 11.5 Å². The third-order valence-electron chi connectivity index (χ3n) is 2.84. The van der Waals surface area contributed by atoms with Crippen LogP contribution >= 0.6 is 0 Å². The van der Waals surface area contributed by atoms with Gasteiger partial charge in [-0.3, -0.25) is 4.68 Å². The van der Waals surface area contributed by atoms with Gasteiger partial charge < -0.3 is 14.8 Å². The lowest BCUT2D eigenvalue weighted by molar-refractivity contribution is 0.312. The zero-order chi connectivity index (χ0) is 13.5. The molecule has 0 radical (unpaired) electrons. The van der Waals surface area contributed by atoms with Crippen molar-refractivity contribution < 1.29 is 9.47 Å². The third-order valence-corrected chi connectivity index (χ3v) is 2.84. The fourth-order valence-electron chi connectivity index (χ4n) is 1.70. The molecule has 0 saturated heterocycles. The highest BCUT2D eigenvalue weighted by molar-refractivity contribution is 5.31. The quantitative estimate of drug-likeness (QED) is 0.769. The number of rotatable bonds is 7. The number of aryl methyl sites for hydroxylation is 1. The Hall–Kier alpha value is -2.01. The van der Waals surface area contributed by atoms with Gasteiger partial charge in [-0.2, -0.15) is 5.10 Å². The lowest BCUT2D eigenvalue weighted by atomic mass is 10.3. The first-order chi connectivity index (χ1) is 9.29. The van der Waals surface area contributed by atoms with Crippen LogP contribution in [0.3, 0.4) is 0 Å². The number of ether oxygens (including phenoxy) is 2. The van der Waals surface area contributed by atoms with E-state index in [1.165, 1.54) is 0 Å². The van der Waals surface area contributed by atoms with Gasteiger partial charge in [-0.1, -0.05) is 0 Å². The minimum absolute atomic E-state index is 0.629. The molecule has 0 aliphatic heterocycles. The van der Waals surface area contributed by atoms with Gasteiger partial charge in [0.25, 0.3) is 0 Å². The standard InChI is InChI=1S/C14H19N3O2/c1-17-12(7-8-16-17)11-15-9-10-19-14-5-3-13(18-2)4-6-14/h3-8,15H,9-11H2,1-2H3. The first-order valence-electron chi connectivity index (χ1n) is 6.24. The summed E-state index contributed by atoms with van der Waals surface area (Å²) in [6.07, 6.45) is 1.80. The Morgan fingerprint density at radius 1 is 1.16 bits per heavy atom. The van der Waals surface area contributed by atoms with Gasteiger partial charge in [0.2, 0.25) is 0 Å². The van der Waals surface area contributed by atoms with Crippen LogP contribution in [-0.4, -0.2) is 30.0 Å². The van der Waals surface area contributed by atoms with E-state index in [4.69, 9.17) is 9.47 Å². The smallest absolute Gasteiger partial charge is 0.119 e. The van der Waals surface area contributed by atoms with Crippen LogP contribution in [0.4, 0.5) is 0 Å². The van der Waals surface area contributed by atoms with Gasteiger partial charge in [0.05, 0.1) is 12.8 Å². The fourth-order valence-corrected chi connectivity index (χ4v) is 1.70. The minimum Gasteiger partial charge on any atom is -0.497 e. The monoisotopic (exact) mass is 261 g/mol. The van der Waals surface area contributed by atoms with Crippen LogP contribution in [0.1, 0.15) is 5.69 Å². The number of benzene rings is 1. The third kappa shape index (κ3) is 3.99. The van der Waals surface area contributed by atoms with Gasteiger partial charge in [-0.25, -0.2) is 0 Å². The van der Waals surface area contributed by atoms with Gasteiger partial charge in [0, 0.05) is 26.3 Å². The van der Waals surface area contributed by atoms with Crippen LogP contribution < -0.4 is 14.8 Å². The Balaban J connectivity index is 1.65. The molecule has 102 valence electrons. The number of aromatic nitrogens is 2. The van der Waals surface area contributed by atoms with Crippen LogP contribution in [0.5, 0.6) is 11.5 Å². The SMILES string of the molecule is COc1ccc(OCCNCc2ccnn2C)cc1. The van der Waals surface area contributed by atoms with Crippen LogP contribution in [0.15, 0.2) is 36.5 Å².